The summed E-state index contributed by atoms with van der Waals surface area (Å²) in [5.41, 5.74) is 0.784. The standard InChI is InChI=1S/C11H17NO3/c1-6-11(15-9(4)5)10(12(13)14)7-8(2)3/h6-7,9H,1H2,2-5H3/b11-10-. The second kappa shape index (κ2) is 6.01. The Bertz CT molecular complexity index is 310. The quantitative estimate of drug-likeness (QED) is 0.304. The molecule has 0 spiro atoms. The van der Waals surface area contributed by atoms with Crippen LogP contribution < -0.4 is 0 Å². The molecule has 0 fully saturated rings. The van der Waals surface area contributed by atoms with Crippen LogP contribution >= 0.6 is 0 Å². The lowest BCUT2D eigenvalue weighted by atomic mass is 10.2. The molecule has 0 aromatic heterocycles. The molecule has 0 bridgehead atoms. The summed E-state index contributed by atoms with van der Waals surface area (Å²) in [5.74, 6) is 0.205. The topological polar surface area (TPSA) is 52.4 Å². The summed E-state index contributed by atoms with van der Waals surface area (Å²) in [6.07, 6.45) is 2.72. The van der Waals surface area contributed by atoms with Crippen molar-refractivity contribution in [2.24, 2.45) is 0 Å². The van der Waals surface area contributed by atoms with Gasteiger partial charge < -0.3 is 4.74 Å². The Hall–Kier alpha value is -1.58. The van der Waals surface area contributed by atoms with E-state index in [0.29, 0.717) is 0 Å². The van der Waals surface area contributed by atoms with Crippen LogP contribution in [0.15, 0.2) is 35.8 Å². The molecular weight excluding hydrogens is 194 g/mol. The van der Waals surface area contributed by atoms with E-state index in [-0.39, 0.29) is 17.6 Å². The molecule has 0 heterocycles. The largest absolute Gasteiger partial charge is 0.484 e. The highest BCUT2D eigenvalue weighted by Gasteiger charge is 2.15. The molecule has 0 atom stereocenters. The maximum absolute atomic E-state index is 10.8. The van der Waals surface area contributed by atoms with E-state index in [9.17, 15) is 10.1 Å². The first-order chi connectivity index (χ1) is 6.88. The average Bonchev–Trinajstić information content (AvgIpc) is 2.09. The van der Waals surface area contributed by atoms with Crippen LogP contribution in [0.25, 0.3) is 0 Å². The first kappa shape index (κ1) is 13.4. The average molecular weight is 211 g/mol. The van der Waals surface area contributed by atoms with Crippen molar-refractivity contribution in [2.45, 2.75) is 33.8 Å². The zero-order valence-electron chi connectivity index (χ0n) is 9.61. The minimum absolute atomic E-state index is 0.0568. The zero-order valence-corrected chi connectivity index (χ0v) is 9.61. The Balaban J connectivity index is 5.28. The maximum atomic E-state index is 10.8. The van der Waals surface area contributed by atoms with Crippen molar-refractivity contribution in [1.82, 2.24) is 0 Å². The maximum Gasteiger partial charge on any atom is 0.310 e. The van der Waals surface area contributed by atoms with Gasteiger partial charge in [0.1, 0.15) is 0 Å². The fourth-order valence-corrected chi connectivity index (χ4v) is 0.954. The first-order valence-electron chi connectivity index (χ1n) is 4.71. The van der Waals surface area contributed by atoms with Crippen molar-refractivity contribution in [3.05, 3.63) is 45.9 Å². The lowest BCUT2D eigenvalue weighted by molar-refractivity contribution is -0.422. The van der Waals surface area contributed by atoms with E-state index in [1.54, 1.807) is 13.8 Å². The molecule has 0 saturated carbocycles. The second-order valence-electron chi connectivity index (χ2n) is 3.60. The van der Waals surface area contributed by atoms with Crippen LogP contribution in [0, 0.1) is 10.1 Å². The van der Waals surface area contributed by atoms with Crippen LogP contribution in [0.5, 0.6) is 0 Å². The van der Waals surface area contributed by atoms with Gasteiger partial charge >= 0.3 is 5.70 Å². The molecule has 84 valence electrons. The number of ether oxygens (including phenoxy) is 1. The summed E-state index contributed by atoms with van der Waals surface area (Å²) in [6, 6.07) is 0. The van der Waals surface area contributed by atoms with Crippen molar-refractivity contribution in [1.29, 1.82) is 0 Å². The summed E-state index contributed by atoms with van der Waals surface area (Å²) in [5, 5.41) is 10.8. The number of hydrogen-bond donors (Lipinski definition) is 0. The van der Waals surface area contributed by atoms with E-state index < -0.39 is 4.92 Å². The monoisotopic (exact) mass is 211 g/mol. The van der Waals surface area contributed by atoms with Gasteiger partial charge in [0.05, 0.1) is 11.0 Å². The van der Waals surface area contributed by atoms with Crippen LogP contribution in [0.4, 0.5) is 0 Å². The van der Waals surface area contributed by atoms with Crippen molar-refractivity contribution in [2.75, 3.05) is 0 Å². The molecule has 15 heavy (non-hydrogen) atoms. The number of rotatable bonds is 5. The summed E-state index contributed by atoms with van der Waals surface area (Å²) in [6.45, 7) is 10.7. The summed E-state index contributed by atoms with van der Waals surface area (Å²) in [4.78, 5) is 10.3. The minimum atomic E-state index is -0.466. The van der Waals surface area contributed by atoms with Gasteiger partial charge in [-0.15, -0.1) is 0 Å². The summed E-state index contributed by atoms with van der Waals surface area (Å²) < 4.78 is 5.30. The Labute approximate surface area is 90.1 Å². The predicted molar refractivity (Wildman–Crippen MR) is 59.9 cm³/mol. The molecule has 0 aliphatic heterocycles. The molecule has 0 aromatic rings. The van der Waals surface area contributed by atoms with Gasteiger partial charge in [-0.3, -0.25) is 10.1 Å². The normalized spacial score (nSPS) is 11.8. The third kappa shape index (κ3) is 5.00. The molecule has 0 saturated heterocycles. The molecule has 0 aromatic carbocycles. The minimum Gasteiger partial charge on any atom is -0.484 e. The molecule has 0 aliphatic rings. The van der Waals surface area contributed by atoms with E-state index in [0.717, 1.165) is 5.57 Å². The van der Waals surface area contributed by atoms with Gasteiger partial charge in [-0.25, -0.2) is 0 Å². The highest BCUT2D eigenvalue weighted by atomic mass is 16.6. The highest BCUT2D eigenvalue weighted by Crippen LogP contribution is 2.14. The fraction of sp³-hybridized carbons (Fsp3) is 0.455. The molecule has 0 unspecified atom stereocenters. The molecule has 0 rings (SSSR count). The lowest BCUT2D eigenvalue weighted by Gasteiger charge is -2.09. The highest BCUT2D eigenvalue weighted by molar-refractivity contribution is 5.24. The van der Waals surface area contributed by atoms with Crippen LogP contribution in [0.1, 0.15) is 27.7 Å². The Morgan fingerprint density at radius 3 is 2.27 bits per heavy atom. The number of allylic oxidation sites excluding steroid dienone is 3. The first-order valence-corrected chi connectivity index (χ1v) is 4.71. The van der Waals surface area contributed by atoms with Crippen molar-refractivity contribution < 1.29 is 9.66 Å². The van der Waals surface area contributed by atoms with Crippen molar-refractivity contribution >= 4 is 0 Å². The van der Waals surface area contributed by atoms with Crippen LogP contribution in [-0.4, -0.2) is 11.0 Å². The van der Waals surface area contributed by atoms with Crippen molar-refractivity contribution in [3.8, 4) is 0 Å². The predicted octanol–water partition coefficient (Wildman–Crippen LogP) is 3.05. The molecule has 0 radical (unpaired) electrons. The Kier molecular flexibility index (Phi) is 5.37. The van der Waals surface area contributed by atoms with Gasteiger partial charge in [-0.05, 0) is 33.8 Å². The third-order valence-corrected chi connectivity index (χ3v) is 1.42. The van der Waals surface area contributed by atoms with Gasteiger partial charge in [-0.1, -0.05) is 12.2 Å². The Morgan fingerprint density at radius 1 is 1.47 bits per heavy atom. The number of nitrogens with zero attached hydrogens (tertiary/aromatic N) is 1. The SMILES string of the molecule is C=C/C(OC(C)C)=C(\C=C(C)C)[N+](=O)[O-]. The van der Waals surface area contributed by atoms with E-state index in [1.165, 1.54) is 12.2 Å². The number of nitro groups is 1. The molecule has 0 aliphatic carbocycles. The zero-order chi connectivity index (χ0) is 12.0. The van der Waals surface area contributed by atoms with Gasteiger partial charge in [0.25, 0.3) is 0 Å². The molecule has 0 N–H and O–H groups in total. The smallest absolute Gasteiger partial charge is 0.310 e. The molecule has 4 heteroatoms. The number of hydrogen-bond acceptors (Lipinski definition) is 3. The fourth-order valence-electron chi connectivity index (χ4n) is 0.954. The van der Waals surface area contributed by atoms with Crippen LogP contribution in [0.2, 0.25) is 0 Å². The lowest BCUT2D eigenvalue weighted by Crippen LogP contribution is -2.07. The van der Waals surface area contributed by atoms with Crippen LogP contribution in [-0.2, 0) is 4.74 Å². The van der Waals surface area contributed by atoms with Gasteiger partial charge in [0.15, 0.2) is 5.76 Å². The van der Waals surface area contributed by atoms with Gasteiger partial charge in [0.2, 0.25) is 0 Å². The van der Waals surface area contributed by atoms with E-state index in [1.807, 2.05) is 13.8 Å². The van der Waals surface area contributed by atoms with E-state index in [2.05, 4.69) is 6.58 Å². The third-order valence-electron chi connectivity index (χ3n) is 1.42. The van der Waals surface area contributed by atoms with E-state index >= 15 is 0 Å². The Morgan fingerprint density at radius 2 is 2.00 bits per heavy atom. The van der Waals surface area contributed by atoms with Gasteiger partial charge in [-0.2, -0.15) is 0 Å². The molecule has 4 nitrogen and oxygen atoms in total. The van der Waals surface area contributed by atoms with Crippen LogP contribution in [0.3, 0.4) is 0 Å². The van der Waals surface area contributed by atoms with E-state index in [4.69, 9.17) is 4.74 Å². The molecular formula is C11H17NO3. The second-order valence-corrected chi connectivity index (χ2v) is 3.60. The summed E-state index contributed by atoms with van der Waals surface area (Å²) >= 11 is 0. The molecule has 0 amide bonds. The van der Waals surface area contributed by atoms with Crippen molar-refractivity contribution in [3.63, 3.8) is 0 Å². The van der Waals surface area contributed by atoms with Gasteiger partial charge in [0, 0.05) is 6.08 Å². The summed E-state index contributed by atoms with van der Waals surface area (Å²) in [7, 11) is 0.